The van der Waals surface area contributed by atoms with Crippen molar-refractivity contribution in [3.63, 3.8) is 0 Å². The molecule has 0 bridgehead atoms. The molecule has 1 saturated heterocycles. The highest BCUT2D eigenvalue weighted by Gasteiger charge is 2.21. The average molecular weight is 256 g/mol. The quantitative estimate of drug-likeness (QED) is 0.874. The van der Waals surface area contributed by atoms with Crippen molar-refractivity contribution >= 4 is 0 Å². The Labute approximate surface area is 106 Å². The maximum atomic E-state index is 13.2. The van der Waals surface area contributed by atoms with Gasteiger partial charge in [0.1, 0.15) is 0 Å². The molecule has 0 aliphatic carbocycles. The van der Waals surface area contributed by atoms with Crippen molar-refractivity contribution in [1.82, 2.24) is 9.80 Å². The van der Waals surface area contributed by atoms with Crippen LogP contribution in [-0.4, -0.2) is 47.6 Å². The molecule has 1 aromatic carbocycles. The van der Waals surface area contributed by atoms with Crippen molar-refractivity contribution in [2.75, 3.05) is 26.7 Å². The summed E-state index contributed by atoms with van der Waals surface area (Å²) in [6.07, 6.45) is 0. The van der Waals surface area contributed by atoms with E-state index < -0.39 is 17.4 Å². The van der Waals surface area contributed by atoms with Crippen LogP contribution in [0.2, 0.25) is 0 Å². The number of halogens is 2. The largest absolute Gasteiger partial charge is 0.503 e. The van der Waals surface area contributed by atoms with Crippen LogP contribution < -0.4 is 0 Å². The highest BCUT2D eigenvalue weighted by molar-refractivity contribution is 5.30. The third-order valence-corrected chi connectivity index (χ3v) is 3.53. The lowest BCUT2D eigenvalue weighted by atomic mass is 10.1. The standard InChI is InChI=1S/C13H18F2N2O/c1-9-7-17(4-3-16(9)2)8-10-5-11(14)13(18)12(15)6-10/h5-6,9,18H,3-4,7-8H2,1-2H3. The molecule has 1 unspecified atom stereocenters. The van der Waals surface area contributed by atoms with Crippen molar-refractivity contribution < 1.29 is 13.9 Å². The lowest BCUT2D eigenvalue weighted by molar-refractivity contribution is 0.0998. The van der Waals surface area contributed by atoms with Gasteiger partial charge in [0.2, 0.25) is 0 Å². The Morgan fingerprint density at radius 1 is 1.28 bits per heavy atom. The third-order valence-electron chi connectivity index (χ3n) is 3.53. The fourth-order valence-electron chi connectivity index (χ4n) is 2.23. The monoisotopic (exact) mass is 256 g/mol. The van der Waals surface area contributed by atoms with Gasteiger partial charge >= 0.3 is 0 Å². The average Bonchev–Trinajstić information content (AvgIpc) is 2.31. The summed E-state index contributed by atoms with van der Waals surface area (Å²) >= 11 is 0. The fraction of sp³-hybridized carbons (Fsp3) is 0.538. The summed E-state index contributed by atoms with van der Waals surface area (Å²) in [6, 6.07) is 2.83. The second kappa shape index (κ2) is 5.20. The van der Waals surface area contributed by atoms with Gasteiger partial charge in [-0.25, -0.2) is 8.78 Å². The summed E-state index contributed by atoms with van der Waals surface area (Å²) in [6.45, 7) is 5.34. The highest BCUT2D eigenvalue weighted by atomic mass is 19.1. The number of nitrogens with zero attached hydrogens (tertiary/aromatic N) is 2. The summed E-state index contributed by atoms with van der Waals surface area (Å²) in [5.41, 5.74) is 0.555. The molecule has 2 rings (SSSR count). The van der Waals surface area contributed by atoms with Gasteiger partial charge in [-0.15, -0.1) is 0 Å². The first-order chi connectivity index (χ1) is 8.47. The molecule has 0 saturated carbocycles. The van der Waals surface area contributed by atoms with E-state index >= 15 is 0 Å². The van der Waals surface area contributed by atoms with Crippen LogP contribution >= 0.6 is 0 Å². The molecule has 1 atom stereocenters. The van der Waals surface area contributed by atoms with E-state index in [9.17, 15) is 8.78 Å². The van der Waals surface area contributed by atoms with Gasteiger partial charge in [0.05, 0.1) is 0 Å². The van der Waals surface area contributed by atoms with Gasteiger partial charge in [0, 0.05) is 32.2 Å². The van der Waals surface area contributed by atoms with E-state index in [1.165, 1.54) is 12.1 Å². The maximum Gasteiger partial charge on any atom is 0.187 e. The molecular weight excluding hydrogens is 238 g/mol. The smallest absolute Gasteiger partial charge is 0.187 e. The number of rotatable bonds is 2. The minimum atomic E-state index is -0.898. The molecule has 1 aliphatic heterocycles. The molecule has 1 N–H and O–H groups in total. The Kier molecular flexibility index (Phi) is 3.82. The van der Waals surface area contributed by atoms with Crippen LogP contribution in [0, 0.1) is 11.6 Å². The van der Waals surface area contributed by atoms with Crippen molar-refractivity contribution in [2.24, 2.45) is 0 Å². The SMILES string of the molecule is CC1CN(Cc2cc(F)c(O)c(F)c2)CCN1C. The Hall–Kier alpha value is -1.20. The first-order valence-electron chi connectivity index (χ1n) is 6.07. The van der Waals surface area contributed by atoms with E-state index in [4.69, 9.17) is 5.11 Å². The molecule has 0 aromatic heterocycles. The number of piperazine rings is 1. The van der Waals surface area contributed by atoms with Crippen LogP contribution in [0.25, 0.3) is 0 Å². The number of benzene rings is 1. The molecular formula is C13H18F2N2O. The molecule has 3 nitrogen and oxygen atoms in total. The van der Waals surface area contributed by atoms with Gasteiger partial charge in [-0.2, -0.15) is 0 Å². The van der Waals surface area contributed by atoms with E-state index in [0.717, 1.165) is 19.6 Å². The Morgan fingerprint density at radius 2 is 1.89 bits per heavy atom. The van der Waals surface area contributed by atoms with Crippen LogP contribution in [0.1, 0.15) is 12.5 Å². The minimum absolute atomic E-state index is 0.436. The highest BCUT2D eigenvalue weighted by Crippen LogP contribution is 2.22. The number of aromatic hydroxyl groups is 1. The Morgan fingerprint density at radius 3 is 2.44 bits per heavy atom. The van der Waals surface area contributed by atoms with Gasteiger partial charge in [0.25, 0.3) is 0 Å². The first-order valence-corrected chi connectivity index (χ1v) is 6.07. The van der Waals surface area contributed by atoms with E-state index in [1.54, 1.807) is 0 Å². The molecule has 1 aliphatic rings. The zero-order chi connectivity index (χ0) is 13.3. The zero-order valence-corrected chi connectivity index (χ0v) is 10.7. The molecule has 0 amide bonds. The molecule has 0 spiro atoms. The third kappa shape index (κ3) is 2.79. The summed E-state index contributed by atoms with van der Waals surface area (Å²) < 4.78 is 26.4. The predicted octanol–water partition coefficient (Wildman–Crippen LogP) is 1.81. The van der Waals surface area contributed by atoms with E-state index in [2.05, 4.69) is 23.8 Å². The lowest BCUT2D eigenvalue weighted by Crippen LogP contribution is -2.49. The lowest BCUT2D eigenvalue weighted by Gasteiger charge is -2.37. The molecule has 1 fully saturated rings. The first kappa shape index (κ1) is 13.2. The van der Waals surface area contributed by atoms with Gasteiger partial charge in [-0.3, -0.25) is 4.90 Å². The molecule has 100 valence electrons. The molecule has 1 heterocycles. The molecule has 5 heteroatoms. The number of likely N-dealkylation sites (N-methyl/N-ethyl adjacent to an activating group) is 1. The minimum Gasteiger partial charge on any atom is -0.503 e. The van der Waals surface area contributed by atoms with Gasteiger partial charge in [0.15, 0.2) is 17.4 Å². The van der Waals surface area contributed by atoms with Crippen molar-refractivity contribution in [3.8, 4) is 5.75 Å². The normalized spacial score (nSPS) is 22.3. The number of hydrogen-bond donors (Lipinski definition) is 1. The summed E-state index contributed by atoms with van der Waals surface area (Å²) in [7, 11) is 2.07. The van der Waals surface area contributed by atoms with E-state index in [0.29, 0.717) is 18.2 Å². The summed E-state index contributed by atoms with van der Waals surface area (Å²) in [5, 5.41) is 9.04. The van der Waals surface area contributed by atoms with Crippen LogP contribution in [0.3, 0.4) is 0 Å². The van der Waals surface area contributed by atoms with Gasteiger partial charge in [-0.05, 0) is 31.7 Å². The van der Waals surface area contributed by atoms with Crippen molar-refractivity contribution in [1.29, 1.82) is 0 Å². The number of phenols is 1. The van der Waals surface area contributed by atoms with Crippen molar-refractivity contribution in [2.45, 2.75) is 19.5 Å². The van der Waals surface area contributed by atoms with E-state index in [1.807, 2.05) is 0 Å². The van der Waals surface area contributed by atoms with Crippen LogP contribution in [0.5, 0.6) is 5.75 Å². The van der Waals surface area contributed by atoms with Crippen LogP contribution in [0.4, 0.5) is 8.78 Å². The number of hydrogen-bond acceptors (Lipinski definition) is 3. The molecule has 18 heavy (non-hydrogen) atoms. The number of phenolic OH excluding ortho intramolecular Hbond substituents is 1. The predicted molar refractivity (Wildman–Crippen MR) is 65.4 cm³/mol. The van der Waals surface area contributed by atoms with Gasteiger partial charge < -0.3 is 10.0 Å². The topological polar surface area (TPSA) is 26.7 Å². The maximum absolute atomic E-state index is 13.2. The van der Waals surface area contributed by atoms with Crippen LogP contribution in [0.15, 0.2) is 12.1 Å². The zero-order valence-electron chi connectivity index (χ0n) is 10.7. The van der Waals surface area contributed by atoms with E-state index in [-0.39, 0.29) is 0 Å². The summed E-state index contributed by atoms with van der Waals surface area (Å²) in [4.78, 5) is 4.42. The molecule has 1 aromatic rings. The Balaban J connectivity index is 2.06. The fourth-order valence-corrected chi connectivity index (χ4v) is 2.23. The van der Waals surface area contributed by atoms with Crippen LogP contribution in [-0.2, 0) is 6.54 Å². The summed E-state index contributed by atoms with van der Waals surface area (Å²) in [5.74, 6) is -2.69. The second-order valence-corrected chi connectivity index (χ2v) is 4.97. The van der Waals surface area contributed by atoms with Gasteiger partial charge in [-0.1, -0.05) is 0 Å². The van der Waals surface area contributed by atoms with Crippen molar-refractivity contribution in [3.05, 3.63) is 29.3 Å². The molecule has 0 radical (unpaired) electrons. The Bertz CT molecular complexity index is 416. The second-order valence-electron chi connectivity index (χ2n) is 4.97.